The van der Waals surface area contributed by atoms with E-state index >= 15 is 0 Å². The number of carbonyl (C=O) groups is 2. The third-order valence-corrected chi connectivity index (χ3v) is 1.53. The molecule has 7 heteroatoms. The third-order valence-electron chi connectivity index (χ3n) is 1.53. The van der Waals surface area contributed by atoms with Gasteiger partial charge in [-0.05, 0) is 39.5 Å². The molecule has 0 amide bonds. The van der Waals surface area contributed by atoms with Crippen LogP contribution in [-0.2, 0) is 9.59 Å². The number of hydrogen-bond acceptors (Lipinski definition) is 6. The minimum atomic E-state index is -1.11. The Labute approximate surface area is 141 Å². The zero-order valence-corrected chi connectivity index (χ0v) is 14.7. The molecule has 0 saturated carbocycles. The van der Waals surface area contributed by atoms with Crippen LogP contribution in [0.2, 0.25) is 0 Å². The van der Waals surface area contributed by atoms with E-state index in [0.29, 0.717) is 0 Å². The van der Waals surface area contributed by atoms with Crippen molar-refractivity contribution in [3.8, 4) is 0 Å². The molecule has 0 aliphatic rings. The van der Waals surface area contributed by atoms with Gasteiger partial charge in [0.2, 0.25) is 0 Å². The van der Waals surface area contributed by atoms with Crippen molar-refractivity contribution in [3.63, 3.8) is 0 Å². The van der Waals surface area contributed by atoms with Gasteiger partial charge in [-0.1, -0.05) is 0 Å². The van der Waals surface area contributed by atoms with Crippen molar-refractivity contribution in [1.82, 2.24) is 0 Å². The Kier molecular flexibility index (Phi) is 19.3. The van der Waals surface area contributed by atoms with Crippen LogP contribution in [0.4, 0.5) is 0 Å². The average Bonchev–Trinajstić information content (AvgIpc) is 2.12. The van der Waals surface area contributed by atoms with Crippen LogP contribution in [0, 0.1) is 0 Å². The van der Waals surface area contributed by atoms with E-state index in [1.807, 2.05) is 0 Å². The molecule has 0 unspecified atom stereocenters. The standard InChI is InChI=1S/2C5H10O3.Ba/c2*1-4(6)2-3-5(7)8;/h2*4,6H,2-3H2,1H3,(H,7,8);/q;;+2/p-2/t2*4-;/m11./s1. The molecule has 0 bridgehead atoms. The van der Waals surface area contributed by atoms with E-state index in [1.54, 1.807) is 13.8 Å². The molecule has 0 aromatic heterocycles. The van der Waals surface area contributed by atoms with Gasteiger partial charge in [0.25, 0.3) is 0 Å². The van der Waals surface area contributed by atoms with Gasteiger partial charge in [0.05, 0.1) is 12.2 Å². The Morgan fingerprint density at radius 2 is 1.18 bits per heavy atom. The third kappa shape index (κ3) is 31.4. The summed E-state index contributed by atoms with van der Waals surface area (Å²) in [6.07, 6.45) is -0.624. The first-order chi connectivity index (χ1) is 7.25. The molecular formula is C10H18BaO6. The predicted molar refractivity (Wildman–Crippen MR) is 57.6 cm³/mol. The Morgan fingerprint density at radius 1 is 0.941 bits per heavy atom. The molecule has 0 radical (unpaired) electrons. The van der Waals surface area contributed by atoms with Crippen LogP contribution in [0.1, 0.15) is 39.5 Å². The zero-order valence-electron chi connectivity index (χ0n) is 10.2. The average molecular weight is 372 g/mol. The summed E-state index contributed by atoms with van der Waals surface area (Å²) >= 11 is 0. The van der Waals surface area contributed by atoms with Crippen LogP contribution in [0.25, 0.3) is 0 Å². The molecule has 0 aliphatic heterocycles. The number of aliphatic carboxylic acids is 2. The molecule has 0 aromatic rings. The molecular weight excluding hydrogens is 353 g/mol. The van der Waals surface area contributed by atoms with E-state index in [2.05, 4.69) is 0 Å². The number of carbonyl (C=O) groups excluding carboxylic acids is 2. The fourth-order valence-electron chi connectivity index (χ4n) is 0.653. The van der Waals surface area contributed by atoms with E-state index in [9.17, 15) is 19.8 Å². The summed E-state index contributed by atoms with van der Waals surface area (Å²) < 4.78 is 0. The number of rotatable bonds is 6. The van der Waals surface area contributed by atoms with Gasteiger partial charge in [-0.25, -0.2) is 0 Å². The molecule has 0 saturated heterocycles. The molecule has 2 N–H and O–H groups in total. The van der Waals surface area contributed by atoms with Crippen LogP contribution >= 0.6 is 0 Å². The largest absolute Gasteiger partial charge is 2.00 e. The van der Waals surface area contributed by atoms with Crippen molar-refractivity contribution < 1.29 is 30.0 Å². The zero-order chi connectivity index (χ0) is 13.1. The molecule has 17 heavy (non-hydrogen) atoms. The first-order valence-corrected chi connectivity index (χ1v) is 5.01. The first kappa shape index (κ1) is 22.6. The second-order valence-electron chi connectivity index (χ2n) is 3.52. The summed E-state index contributed by atoms with van der Waals surface area (Å²) in [7, 11) is 0. The Bertz CT molecular complexity index is 183. The summed E-state index contributed by atoms with van der Waals surface area (Å²) in [6, 6.07) is 0. The first-order valence-electron chi connectivity index (χ1n) is 5.01. The van der Waals surface area contributed by atoms with Crippen LogP contribution in [0.3, 0.4) is 0 Å². The van der Waals surface area contributed by atoms with E-state index in [-0.39, 0.29) is 74.6 Å². The quantitative estimate of drug-likeness (QED) is 0.495. The number of aliphatic hydroxyl groups is 2. The van der Waals surface area contributed by atoms with Crippen molar-refractivity contribution in [2.24, 2.45) is 0 Å². The predicted octanol–water partition coefficient (Wildman–Crippen LogP) is -2.59. The van der Waals surface area contributed by atoms with E-state index in [0.717, 1.165) is 0 Å². The van der Waals surface area contributed by atoms with Crippen LogP contribution in [0.15, 0.2) is 0 Å². The summed E-state index contributed by atoms with van der Waals surface area (Å²) in [5.41, 5.74) is 0. The summed E-state index contributed by atoms with van der Waals surface area (Å²) in [4.78, 5) is 19.4. The smallest absolute Gasteiger partial charge is 0.550 e. The summed E-state index contributed by atoms with van der Waals surface area (Å²) in [5.74, 6) is -2.21. The van der Waals surface area contributed by atoms with Gasteiger partial charge in [0.1, 0.15) is 0 Å². The van der Waals surface area contributed by atoms with Crippen molar-refractivity contribution >= 4 is 60.8 Å². The summed E-state index contributed by atoms with van der Waals surface area (Å²) in [5, 5.41) is 36.4. The topological polar surface area (TPSA) is 121 Å². The van der Waals surface area contributed by atoms with Crippen LogP contribution in [0.5, 0.6) is 0 Å². The maximum absolute atomic E-state index is 9.68. The molecule has 0 heterocycles. The van der Waals surface area contributed by atoms with Gasteiger partial charge in [-0.15, -0.1) is 0 Å². The van der Waals surface area contributed by atoms with Gasteiger partial charge < -0.3 is 30.0 Å². The second kappa shape index (κ2) is 14.5. The minimum Gasteiger partial charge on any atom is -0.550 e. The number of carboxylic acids is 2. The Morgan fingerprint density at radius 3 is 1.24 bits per heavy atom. The molecule has 6 nitrogen and oxygen atoms in total. The second-order valence-corrected chi connectivity index (χ2v) is 3.52. The summed E-state index contributed by atoms with van der Waals surface area (Å²) in [6.45, 7) is 3.09. The fraction of sp³-hybridized carbons (Fsp3) is 0.800. The molecule has 0 fully saturated rings. The monoisotopic (exact) mass is 372 g/mol. The SMILES string of the molecule is C[C@@H](O)CCC(=O)[O-].C[C@@H](O)CCC(=O)[O-].[Ba+2]. The number of carboxylic acid groups (broad SMARTS) is 2. The molecule has 0 aliphatic carbocycles. The van der Waals surface area contributed by atoms with Gasteiger partial charge in [0.15, 0.2) is 0 Å². The van der Waals surface area contributed by atoms with Crippen molar-refractivity contribution in [3.05, 3.63) is 0 Å². The van der Waals surface area contributed by atoms with Crippen LogP contribution < -0.4 is 10.2 Å². The van der Waals surface area contributed by atoms with Crippen molar-refractivity contribution in [2.45, 2.75) is 51.7 Å². The molecule has 0 spiro atoms. The number of aliphatic hydroxyl groups excluding tert-OH is 2. The minimum absolute atomic E-state index is 0. The van der Waals surface area contributed by atoms with Gasteiger partial charge in [-0.3, -0.25) is 0 Å². The van der Waals surface area contributed by atoms with Crippen molar-refractivity contribution in [1.29, 1.82) is 0 Å². The van der Waals surface area contributed by atoms with Crippen LogP contribution in [-0.4, -0.2) is 83.2 Å². The maximum atomic E-state index is 9.68. The maximum Gasteiger partial charge on any atom is 2.00 e. The van der Waals surface area contributed by atoms with Gasteiger partial charge in [-0.2, -0.15) is 0 Å². The van der Waals surface area contributed by atoms with E-state index in [1.165, 1.54) is 0 Å². The number of hydrogen-bond donors (Lipinski definition) is 2. The molecule has 0 aromatic carbocycles. The van der Waals surface area contributed by atoms with Gasteiger partial charge >= 0.3 is 48.9 Å². The fourth-order valence-corrected chi connectivity index (χ4v) is 0.653. The van der Waals surface area contributed by atoms with E-state index < -0.39 is 24.1 Å². The van der Waals surface area contributed by atoms with Crippen molar-refractivity contribution in [2.75, 3.05) is 0 Å². The molecule has 96 valence electrons. The normalized spacial score (nSPS) is 12.5. The Hall–Kier alpha value is 0.431. The Balaban J connectivity index is -0.000000218. The molecule has 0 rings (SSSR count). The van der Waals surface area contributed by atoms with E-state index in [4.69, 9.17) is 10.2 Å². The van der Waals surface area contributed by atoms with Gasteiger partial charge in [0, 0.05) is 11.9 Å². The molecule has 2 atom stereocenters.